The van der Waals surface area contributed by atoms with Crippen molar-refractivity contribution in [2.45, 2.75) is 37.8 Å². The van der Waals surface area contributed by atoms with Crippen LogP contribution in [0.3, 0.4) is 0 Å². The molecule has 0 saturated carbocycles. The quantitative estimate of drug-likeness (QED) is 0.909. The van der Waals surface area contributed by atoms with Crippen molar-refractivity contribution in [1.82, 2.24) is 19.7 Å². The minimum absolute atomic E-state index is 0.0538. The van der Waals surface area contributed by atoms with Gasteiger partial charge in [0.15, 0.2) is 0 Å². The van der Waals surface area contributed by atoms with E-state index in [4.69, 9.17) is 4.74 Å². The fraction of sp³-hybridized carbons (Fsp3) is 0.500. The van der Waals surface area contributed by atoms with E-state index in [9.17, 15) is 4.79 Å². The first-order valence-electron chi connectivity index (χ1n) is 8.04. The number of fused-ring (bicyclic) bond motifs is 1. The molecule has 0 spiro atoms. The van der Waals surface area contributed by atoms with Gasteiger partial charge in [-0.05, 0) is 37.3 Å². The Morgan fingerprint density at radius 3 is 2.87 bits per heavy atom. The molecule has 1 aliphatic heterocycles. The van der Waals surface area contributed by atoms with E-state index >= 15 is 0 Å². The van der Waals surface area contributed by atoms with E-state index in [1.54, 1.807) is 29.2 Å². The third-order valence-electron chi connectivity index (χ3n) is 4.48. The Kier molecular flexibility index (Phi) is 3.78. The zero-order valence-electron chi connectivity index (χ0n) is 12.8. The van der Waals surface area contributed by atoms with E-state index in [-0.39, 0.29) is 17.6 Å². The van der Waals surface area contributed by atoms with E-state index < -0.39 is 0 Å². The van der Waals surface area contributed by atoms with Crippen LogP contribution in [-0.2, 0) is 17.6 Å². The van der Waals surface area contributed by atoms with Crippen LogP contribution in [-0.4, -0.2) is 39.0 Å². The number of nitrogens with one attached hydrogen (secondary N) is 1. The Morgan fingerprint density at radius 1 is 1.17 bits per heavy atom. The van der Waals surface area contributed by atoms with E-state index in [1.165, 1.54) is 0 Å². The second kappa shape index (κ2) is 6.08. The van der Waals surface area contributed by atoms with Crippen LogP contribution in [0.15, 0.2) is 29.3 Å². The molecule has 0 aromatic carbocycles. The fourth-order valence-electron chi connectivity index (χ4n) is 3.28. The number of aryl methyl sites for hydroxylation is 2. The van der Waals surface area contributed by atoms with Crippen molar-refractivity contribution < 1.29 is 4.74 Å². The molecule has 1 aliphatic carbocycles. The highest BCUT2D eigenvalue weighted by Gasteiger charge is 2.32. The monoisotopic (exact) mass is 313 g/mol. The molecule has 4 rings (SSSR count). The summed E-state index contributed by atoms with van der Waals surface area (Å²) in [5.41, 5.74) is 2.10. The molecule has 1 N–H and O–H groups in total. The summed E-state index contributed by atoms with van der Waals surface area (Å²) < 4.78 is 7.16. The summed E-state index contributed by atoms with van der Waals surface area (Å²) in [6, 6.07) is 3.31. The van der Waals surface area contributed by atoms with Crippen molar-refractivity contribution in [3.8, 4) is 0 Å². The minimum atomic E-state index is -0.140. The van der Waals surface area contributed by atoms with Crippen LogP contribution in [0.2, 0.25) is 0 Å². The lowest BCUT2D eigenvalue weighted by Gasteiger charge is -2.22. The highest BCUT2D eigenvalue weighted by atomic mass is 16.5. The third-order valence-corrected chi connectivity index (χ3v) is 4.48. The molecule has 2 unspecified atom stereocenters. The maximum atomic E-state index is 12.5. The van der Waals surface area contributed by atoms with Crippen molar-refractivity contribution >= 4 is 5.95 Å². The van der Waals surface area contributed by atoms with Gasteiger partial charge in [-0.2, -0.15) is 5.10 Å². The largest absolute Gasteiger partial charge is 0.377 e. The Bertz CT molecular complexity index is 746. The molecule has 2 aliphatic rings. The van der Waals surface area contributed by atoms with Crippen molar-refractivity contribution in [3.63, 3.8) is 0 Å². The van der Waals surface area contributed by atoms with Gasteiger partial charge >= 0.3 is 0 Å². The molecule has 3 heterocycles. The molecule has 120 valence electrons. The molecule has 23 heavy (non-hydrogen) atoms. The first-order chi connectivity index (χ1) is 11.3. The van der Waals surface area contributed by atoms with Crippen LogP contribution in [0.5, 0.6) is 0 Å². The van der Waals surface area contributed by atoms with Crippen molar-refractivity contribution in [2.75, 3.05) is 18.5 Å². The van der Waals surface area contributed by atoms with Gasteiger partial charge in [-0.3, -0.25) is 4.79 Å². The van der Waals surface area contributed by atoms with Gasteiger partial charge < -0.3 is 10.1 Å². The summed E-state index contributed by atoms with van der Waals surface area (Å²) >= 11 is 0. The number of hydrogen-bond donors (Lipinski definition) is 1. The van der Waals surface area contributed by atoms with Crippen LogP contribution < -0.4 is 10.9 Å². The molecule has 0 amide bonds. The Balaban J connectivity index is 1.62. The average Bonchev–Trinajstić information content (AvgIpc) is 3.03. The van der Waals surface area contributed by atoms with E-state index in [2.05, 4.69) is 20.4 Å². The van der Waals surface area contributed by atoms with Gasteiger partial charge in [-0.1, -0.05) is 0 Å². The topological polar surface area (TPSA) is 81.9 Å². The number of hydrogen-bond acceptors (Lipinski definition) is 6. The molecule has 7 heteroatoms. The summed E-state index contributed by atoms with van der Waals surface area (Å²) in [5, 5.41) is 7.88. The van der Waals surface area contributed by atoms with Crippen molar-refractivity contribution in [1.29, 1.82) is 0 Å². The highest BCUT2D eigenvalue weighted by molar-refractivity contribution is 5.26. The smallest absolute Gasteiger partial charge is 0.267 e. The number of rotatable bonds is 3. The maximum absolute atomic E-state index is 12.5. The zero-order valence-corrected chi connectivity index (χ0v) is 12.8. The molecular weight excluding hydrogens is 294 g/mol. The zero-order chi connectivity index (χ0) is 15.6. The van der Waals surface area contributed by atoms with E-state index in [1.807, 2.05) is 0 Å². The van der Waals surface area contributed by atoms with Gasteiger partial charge in [-0.15, -0.1) is 0 Å². The molecule has 1 saturated heterocycles. The predicted molar refractivity (Wildman–Crippen MR) is 84.4 cm³/mol. The molecule has 2 aromatic heterocycles. The predicted octanol–water partition coefficient (Wildman–Crippen LogP) is 0.964. The summed E-state index contributed by atoms with van der Waals surface area (Å²) in [6.45, 7) is 0.977. The van der Waals surface area contributed by atoms with Crippen LogP contribution >= 0.6 is 0 Å². The maximum Gasteiger partial charge on any atom is 0.267 e. The molecule has 0 bridgehead atoms. The normalized spacial score (nSPS) is 23.5. The fourth-order valence-corrected chi connectivity index (χ4v) is 3.28. The number of nitrogens with zero attached hydrogens (tertiary/aromatic N) is 4. The molecule has 7 nitrogen and oxygen atoms in total. The molecule has 1 fully saturated rings. The Hall–Kier alpha value is -2.28. The standard InChI is InChI=1S/C16H19N5O2/c22-15-8-11-4-1-2-5-12(11)20-21(15)14-10-23-9-13(14)19-16-17-6-3-7-18-16/h3,6-8,13-14H,1-2,4-5,9-10H2,(H,17,18,19). The van der Waals surface area contributed by atoms with Gasteiger partial charge in [0, 0.05) is 18.5 Å². The lowest BCUT2D eigenvalue weighted by atomic mass is 9.97. The lowest BCUT2D eigenvalue weighted by Crippen LogP contribution is -2.38. The third kappa shape index (κ3) is 2.84. The Labute approximate surface area is 133 Å². The van der Waals surface area contributed by atoms with Crippen molar-refractivity contribution in [3.05, 3.63) is 46.1 Å². The Morgan fingerprint density at radius 2 is 2.00 bits per heavy atom. The summed E-state index contributed by atoms with van der Waals surface area (Å²) in [6.07, 6.45) is 7.55. The number of aromatic nitrogens is 4. The number of ether oxygens (including phenoxy) is 1. The first-order valence-corrected chi connectivity index (χ1v) is 8.04. The SMILES string of the molecule is O=c1cc2c(nn1C1COCC1Nc1ncccn1)CCCC2. The lowest BCUT2D eigenvalue weighted by molar-refractivity contribution is 0.182. The summed E-state index contributed by atoms with van der Waals surface area (Å²) in [5.74, 6) is 0.541. The van der Waals surface area contributed by atoms with E-state index in [0.717, 1.165) is 36.9 Å². The molecule has 2 atom stereocenters. The summed E-state index contributed by atoms with van der Waals surface area (Å²) in [7, 11) is 0. The average molecular weight is 313 g/mol. The van der Waals surface area contributed by atoms with E-state index in [0.29, 0.717) is 19.2 Å². The van der Waals surface area contributed by atoms with Crippen LogP contribution in [0.25, 0.3) is 0 Å². The van der Waals surface area contributed by atoms with Crippen LogP contribution in [0.1, 0.15) is 30.1 Å². The van der Waals surface area contributed by atoms with Gasteiger partial charge in [-0.25, -0.2) is 14.6 Å². The summed E-state index contributed by atoms with van der Waals surface area (Å²) in [4.78, 5) is 20.8. The molecule has 2 aromatic rings. The first kappa shape index (κ1) is 14.3. The van der Waals surface area contributed by atoms with Crippen LogP contribution in [0.4, 0.5) is 5.95 Å². The highest BCUT2D eigenvalue weighted by Crippen LogP contribution is 2.22. The van der Waals surface area contributed by atoms with Crippen molar-refractivity contribution in [2.24, 2.45) is 0 Å². The minimum Gasteiger partial charge on any atom is -0.377 e. The molecule has 0 radical (unpaired) electrons. The second-order valence-corrected chi connectivity index (χ2v) is 6.03. The number of anilines is 1. The van der Waals surface area contributed by atoms with Gasteiger partial charge in [0.1, 0.15) is 6.04 Å². The second-order valence-electron chi connectivity index (χ2n) is 6.03. The van der Waals surface area contributed by atoms with Gasteiger partial charge in [0.25, 0.3) is 5.56 Å². The van der Waals surface area contributed by atoms with Gasteiger partial charge in [0.2, 0.25) is 5.95 Å². The van der Waals surface area contributed by atoms with Crippen LogP contribution in [0, 0.1) is 0 Å². The van der Waals surface area contributed by atoms with Gasteiger partial charge in [0.05, 0.1) is 24.9 Å². The molecular formula is C16H19N5O2.